The average molecular weight is 319 g/mol. The molecule has 0 aromatic heterocycles. The highest BCUT2D eigenvalue weighted by molar-refractivity contribution is 6.31. The SMILES string of the molecule is O=C(c1ccc(F)c(Cl)c1)N1CCCN(CCCl)CC1. The molecule has 1 amide bonds. The fourth-order valence-electron chi connectivity index (χ4n) is 2.33. The van der Waals surface area contributed by atoms with E-state index < -0.39 is 5.82 Å². The summed E-state index contributed by atoms with van der Waals surface area (Å²) < 4.78 is 13.1. The van der Waals surface area contributed by atoms with Crippen molar-refractivity contribution in [3.63, 3.8) is 0 Å². The number of carbonyl (C=O) groups is 1. The molecule has 1 aliphatic rings. The molecule has 0 bridgehead atoms. The quantitative estimate of drug-likeness (QED) is 0.800. The van der Waals surface area contributed by atoms with Gasteiger partial charge in [-0.1, -0.05) is 11.6 Å². The maximum Gasteiger partial charge on any atom is 0.253 e. The van der Waals surface area contributed by atoms with Gasteiger partial charge in [0, 0.05) is 37.6 Å². The topological polar surface area (TPSA) is 23.6 Å². The van der Waals surface area contributed by atoms with E-state index in [0.29, 0.717) is 24.5 Å². The molecule has 20 heavy (non-hydrogen) atoms. The summed E-state index contributed by atoms with van der Waals surface area (Å²) in [6, 6.07) is 4.10. The molecule has 0 spiro atoms. The van der Waals surface area contributed by atoms with Crippen LogP contribution in [0.25, 0.3) is 0 Å². The zero-order valence-corrected chi connectivity index (χ0v) is 12.6. The molecule has 0 radical (unpaired) electrons. The van der Waals surface area contributed by atoms with Crippen molar-refractivity contribution in [2.45, 2.75) is 6.42 Å². The van der Waals surface area contributed by atoms with E-state index in [-0.39, 0.29) is 10.9 Å². The van der Waals surface area contributed by atoms with Crippen LogP contribution < -0.4 is 0 Å². The predicted octanol–water partition coefficient (Wildman–Crippen LogP) is 2.87. The summed E-state index contributed by atoms with van der Waals surface area (Å²) >= 11 is 11.5. The summed E-state index contributed by atoms with van der Waals surface area (Å²) in [4.78, 5) is 16.4. The Bertz CT molecular complexity index is 484. The van der Waals surface area contributed by atoms with Crippen LogP contribution in [-0.4, -0.2) is 54.3 Å². The third-order valence-corrected chi connectivity index (χ3v) is 3.90. The van der Waals surface area contributed by atoms with Gasteiger partial charge in [0.2, 0.25) is 0 Å². The summed E-state index contributed by atoms with van der Waals surface area (Å²) in [7, 11) is 0. The van der Waals surface area contributed by atoms with Crippen molar-refractivity contribution in [3.05, 3.63) is 34.6 Å². The highest BCUT2D eigenvalue weighted by atomic mass is 35.5. The van der Waals surface area contributed by atoms with Gasteiger partial charge in [-0.2, -0.15) is 0 Å². The molecule has 110 valence electrons. The van der Waals surface area contributed by atoms with E-state index in [1.165, 1.54) is 18.2 Å². The van der Waals surface area contributed by atoms with E-state index in [9.17, 15) is 9.18 Å². The maximum absolute atomic E-state index is 13.1. The number of rotatable bonds is 3. The van der Waals surface area contributed by atoms with Crippen molar-refractivity contribution >= 4 is 29.1 Å². The molecule has 1 aliphatic heterocycles. The fraction of sp³-hybridized carbons (Fsp3) is 0.500. The second-order valence-corrected chi connectivity index (χ2v) is 5.59. The second kappa shape index (κ2) is 7.25. The Hall–Kier alpha value is -0.840. The minimum absolute atomic E-state index is 0.0190. The lowest BCUT2D eigenvalue weighted by Gasteiger charge is -2.21. The standard InChI is InChI=1S/C14H17Cl2FN2O/c15-4-7-18-5-1-6-19(9-8-18)14(20)11-2-3-13(17)12(16)10-11/h2-3,10H,1,4-9H2. The first-order valence-corrected chi connectivity index (χ1v) is 7.55. The van der Waals surface area contributed by atoms with E-state index in [1.807, 2.05) is 0 Å². The Kier molecular flexibility index (Phi) is 5.64. The van der Waals surface area contributed by atoms with Gasteiger partial charge in [-0.3, -0.25) is 4.79 Å². The molecular formula is C14H17Cl2FN2O. The van der Waals surface area contributed by atoms with Gasteiger partial charge in [-0.15, -0.1) is 11.6 Å². The molecule has 0 unspecified atom stereocenters. The molecule has 3 nitrogen and oxygen atoms in total. The predicted molar refractivity (Wildman–Crippen MR) is 79.1 cm³/mol. The maximum atomic E-state index is 13.1. The van der Waals surface area contributed by atoms with E-state index in [1.54, 1.807) is 4.90 Å². The van der Waals surface area contributed by atoms with Gasteiger partial charge >= 0.3 is 0 Å². The number of benzene rings is 1. The fourth-order valence-corrected chi connectivity index (χ4v) is 2.75. The van der Waals surface area contributed by atoms with Gasteiger partial charge in [-0.25, -0.2) is 4.39 Å². The minimum atomic E-state index is -0.507. The van der Waals surface area contributed by atoms with Crippen LogP contribution in [0.1, 0.15) is 16.8 Å². The molecule has 2 rings (SSSR count). The van der Waals surface area contributed by atoms with Crippen molar-refractivity contribution in [2.24, 2.45) is 0 Å². The zero-order chi connectivity index (χ0) is 14.5. The molecule has 1 aromatic rings. The van der Waals surface area contributed by atoms with E-state index in [0.717, 1.165) is 26.1 Å². The van der Waals surface area contributed by atoms with Gasteiger partial charge in [0.25, 0.3) is 5.91 Å². The van der Waals surface area contributed by atoms with Crippen molar-refractivity contribution in [1.82, 2.24) is 9.80 Å². The van der Waals surface area contributed by atoms with Crippen LogP contribution in [0.3, 0.4) is 0 Å². The number of hydrogen-bond acceptors (Lipinski definition) is 2. The Morgan fingerprint density at radius 2 is 2.05 bits per heavy atom. The molecule has 1 heterocycles. The van der Waals surface area contributed by atoms with Gasteiger partial charge in [0.05, 0.1) is 5.02 Å². The molecule has 0 aliphatic carbocycles. The number of amides is 1. The van der Waals surface area contributed by atoms with E-state index in [2.05, 4.69) is 4.90 Å². The molecule has 1 saturated heterocycles. The van der Waals surface area contributed by atoms with Crippen LogP contribution in [0, 0.1) is 5.82 Å². The van der Waals surface area contributed by atoms with Crippen LogP contribution in [0.15, 0.2) is 18.2 Å². The Morgan fingerprint density at radius 3 is 2.75 bits per heavy atom. The first-order valence-electron chi connectivity index (χ1n) is 6.64. The summed E-state index contributed by atoms with van der Waals surface area (Å²) in [5.41, 5.74) is 0.433. The Labute approximate surface area is 128 Å². The van der Waals surface area contributed by atoms with Crippen LogP contribution in [0.5, 0.6) is 0 Å². The summed E-state index contributed by atoms with van der Waals surface area (Å²) in [5, 5.41) is -0.0190. The van der Waals surface area contributed by atoms with Crippen molar-refractivity contribution in [2.75, 3.05) is 38.6 Å². The molecular weight excluding hydrogens is 302 g/mol. The first kappa shape index (κ1) is 15.5. The lowest BCUT2D eigenvalue weighted by Crippen LogP contribution is -2.35. The first-order chi connectivity index (χ1) is 9.61. The highest BCUT2D eigenvalue weighted by Gasteiger charge is 2.20. The van der Waals surface area contributed by atoms with Crippen molar-refractivity contribution in [3.8, 4) is 0 Å². The summed E-state index contributed by atoms with van der Waals surface area (Å²) in [6.45, 7) is 3.96. The summed E-state index contributed by atoms with van der Waals surface area (Å²) in [6.07, 6.45) is 0.914. The number of hydrogen-bond donors (Lipinski definition) is 0. The van der Waals surface area contributed by atoms with Crippen LogP contribution >= 0.6 is 23.2 Å². The third-order valence-electron chi connectivity index (χ3n) is 3.44. The van der Waals surface area contributed by atoms with Gasteiger partial charge in [0.15, 0.2) is 0 Å². The largest absolute Gasteiger partial charge is 0.337 e. The molecule has 1 aromatic carbocycles. The minimum Gasteiger partial charge on any atom is -0.337 e. The van der Waals surface area contributed by atoms with Crippen molar-refractivity contribution in [1.29, 1.82) is 0 Å². The molecule has 0 atom stereocenters. The summed E-state index contributed by atoms with van der Waals surface area (Å²) in [5.74, 6) is -0.00591. The molecule has 1 fully saturated rings. The number of carbonyl (C=O) groups excluding carboxylic acids is 1. The Balaban J connectivity index is 2.03. The average Bonchev–Trinajstić information content (AvgIpc) is 2.67. The van der Waals surface area contributed by atoms with Gasteiger partial charge < -0.3 is 9.80 Å². The second-order valence-electron chi connectivity index (χ2n) is 4.81. The normalized spacial score (nSPS) is 17.1. The third kappa shape index (κ3) is 3.84. The number of halogens is 3. The Morgan fingerprint density at radius 1 is 1.25 bits per heavy atom. The molecule has 6 heteroatoms. The van der Waals surface area contributed by atoms with E-state index >= 15 is 0 Å². The highest BCUT2D eigenvalue weighted by Crippen LogP contribution is 2.18. The molecule has 0 N–H and O–H groups in total. The smallest absolute Gasteiger partial charge is 0.253 e. The van der Waals surface area contributed by atoms with Crippen LogP contribution in [0.4, 0.5) is 4.39 Å². The number of alkyl halides is 1. The van der Waals surface area contributed by atoms with Crippen LogP contribution in [0.2, 0.25) is 5.02 Å². The zero-order valence-electron chi connectivity index (χ0n) is 11.1. The van der Waals surface area contributed by atoms with Crippen molar-refractivity contribution < 1.29 is 9.18 Å². The van der Waals surface area contributed by atoms with Gasteiger partial charge in [-0.05, 0) is 31.2 Å². The van der Waals surface area contributed by atoms with Gasteiger partial charge in [0.1, 0.15) is 5.82 Å². The molecule has 0 saturated carbocycles. The number of nitrogens with zero attached hydrogens (tertiary/aromatic N) is 2. The van der Waals surface area contributed by atoms with Crippen LogP contribution in [-0.2, 0) is 0 Å². The monoisotopic (exact) mass is 318 g/mol. The van der Waals surface area contributed by atoms with E-state index in [4.69, 9.17) is 23.2 Å². The lowest BCUT2D eigenvalue weighted by atomic mass is 10.2. The lowest BCUT2D eigenvalue weighted by molar-refractivity contribution is 0.0762.